The number of piperidine rings is 2. The van der Waals surface area contributed by atoms with Crippen molar-refractivity contribution in [2.24, 2.45) is 0 Å². The topological polar surface area (TPSA) is 44.4 Å². The lowest BCUT2D eigenvalue weighted by molar-refractivity contribution is 0.0509. The van der Waals surface area contributed by atoms with E-state index in [2.05, 4.69) is 22.6 Å². The highest BCUT2D eigenvalue weighted by molar-refractivity contribution is 5.74. The van der Waals surface area contributed by atoms with Crippen molar-refractivity contribution in [3.05, 3.63) is 35.4 Å². The van der Waals surface area contributed by atoms with Crippen LogP contribution in [0.1, 0.15) is 37.7 Å². The Kier molecular flexibility index (Phi) is 5.33. The zero-order valence-electron chi connectivity index (χ0n) is 14.0. The zero-order valence-corrected chi connectivity index (χ0v) is 14.0. The maximum Gasteiger partial charge on any atom is 0.315 e. The molecule has 2 amide bonds. The Bertz CT molecular complexity index is 582. The number of amides is 2. The van der Waals surface area contributed by atoms with E-state index < -0.39 is 11.6 Å². The summed E-state index contributed by atoms with van der Waals surface area (Å²) < 4.78 is 26.4. The number of nitrogens with one attached hydrogen (secondary N) is 2. The van der Waals surface area contributed by atoms with Crippen molar-refractivity contribution in [3.8, 4) is 0 Å². The summed E-state index contributed by atoms with van der Waals surface area (Å²) in [6.07, 6.45) is 6.02. The molecule has 2 fully saturated rings. The summed E-state index contributed by atoms with van der Waals surface area (Å²) in [6, 6.07) is 4.65. The second-order valence-corrected chi connectivity index (χ2v) is 6.96. The summed E-state index contributed by atoms with van der Waals surface area (Å²) in [4.78, 5) is 14.5. The lowest BCUT2D eigenvalue weighted by Gasteiger charge is -2.47. The van der Waals surface area contributed by atoms with E-state index in [0.29, 0.717) is 30.6 Å². The summed E-state index contributed by atoms with van der Waals surface area (Å²) in [5, 5.41) is 5.82. The van der Waals surface area contributed by atoms with Gasteiger partial charge in [0, 0.05) is 30.7 Å². The molecule has 132 valence electrons. The molecular formula is C18H25F2N3O. The predicted molar refractivity (Wildman–Crippen MR) is 88.8 cm³/mol. The molecule has 2 aliphatic rings. The van der Waals surface area contributed by atoms with Gasteiger partial charge in [-0.25, -0.2) is 13.6 Å². The normalized spacial score (nSPS) is 26.9. The summed E-state index contributed by atoms with van der Waals surface area (Å²) >= 11 is 0. The van der Waals surface area contributed by atoms with E-state index in [9.17, 15) is 13.6 Å². The van der Waals surface area contributed by atoms with Gasteiger partial charge >= 0.3 is 6.03 Å². The van der Waals surface area contributed by atoms with Crippen LogP contribution < -0.4 is 10.6 Å². The molecule has 3 rings (SSSR count). The van der Waals surface area contributed by atoms with E-state index in [0.717, 1.165) is 18.9 Å². The molecule has 6 heteroatoms. The van der Waals surface area contributed by atoms with Crippen LogP contribution in [-0.4, -0.2) is 42.6 Å². The Labute approximate surface area is 141 Å². The Morgan fingerprint density at radius 1 is 1.25 bits per heavy atom. The van der Waals surface area contributed by atoms with Gasteiger partial charge in [0.15, 0.2) is 0 Å². The van der Waals surface area contributed by atoms with E-state index in [1.54, 1.807) is 0 Å². The van der Waals surface area contributed by atoms with Crippen molar-refractivity contribution in [2.45, 2.75) is 56.7 Å². The Morgan fingerprint density at radius 2 is 1.96 bits per heavy atom. The smallest absolute Gasteiger partial charge is 0.315 e. The molecular weight excluding hydrogens is 312 g/mol. The van der Waals surface area contributed by atoms with Crippen LogP contribution in [0.3, 0.4) is 0 Å². The van der Waals surface area contributed by atoms with Crippen LogP contribution in [0.15, 0.2) is 18.2 Å². The summed E-state index contributed by atoms with van der Waals surface area (Å²) in [5.74, 6) is -1.16. The van der Waals surface area contributed by atoms with E-state index in [-0.39, 0.29) is 12.1 Å². The highest BCUT2D eigenvalue weighted by Crippen LogP contribution is 2.32. The molecule has 0 aliphatic carbocycles. The standard InChI is InChI=1S/C18H25F2N3O/c1-23-15-3-2-4-16(23)11-14(10-15)22-18(24)21-8-7-12-5-6-13(19)9-17(12)20/h5-6,9,14-16H,2-4,7-8,10-11H2,1H3,(H2,21,22,24). The molecule has 2 bridgehead atoms. The number of nitrogens with zero attached hydrogens (tertiary/aromatic N) is 1. The van der Waals surface area contributed by atoms with E-state index in [1.165, 1.54) is 31.4 Å². The van der Waals surface area contributed by atoms with Gasteiger partial charge < -0.3 is 15.5 Å². The Balaban J connectivity index is 1.43. The van der Waals surface area contributed by atoms with Crippen LogP contribution in [-0.2, 0) is 6.42 Å². The fraction of sp³-hybridized carbons (Fsp3) is 0.611. The Morgan fingerprint density at radius 3 is 2.62 bits per heavy atom. The van der Waals surface area contributed by atoms with Gasteiger partial charge in [-0.2, -0.15) is 0 Å². The van der Waals surface area contributed by atoms with Crippen LogP contribution >= 0.6 is 0 Å². The number of urea groups is 1. The zero-order chi connectivity index (χ0) is 17.1. The van der Waals surface area contributed by atoms with Crippen molar-refractivity contribution in [2.75, 3.05) is 13.6 Å². The van der Waals surface area contributed by atoms with Crippen LogP contribution in [0.25, 0.3) is 0 Å². The van der Waals surface area contributed by atoms with Crippen LogP contribution in [0.5, 0.6) is 0 Å². The van der Waals surface area contributed by atoms with E-state index in [1.807, 2.05) is 0 Å². The van der Waals surface area contributed by atoms with Gasteiger partial charge in [0.1, 0.15) is 11.6 Å². The minimum absolute atomic E-state index is 0.204. The van der Waals surface area contributed by atoms with Gasteiger partial charge in [0.25, 0.3) is 0 Å². The first-order valence-electron chi connectivity index (χ1n) is 8.73. The molecule has 1 aromatic rings. The average Bonchev–Trinajstić information content (AvgIpc) is 2.50. The van der Waals surface area contributed by atoms with Crippen molar-refractivity contribution < 1.29 is 13.6 Å². The van der Waals surface area contributed by atoms with Crippen molar-refractivity contribution >= 4 is 6.03 Å². The fourth-order valence-electron chi connectivity index (χ4n) is 4.01. The average molecular weight is 337 g/mol. The first-order chi connectivity index (χ1) is 11.5. The van der Waals surface area contributed by atoms with Gasteiger partial charge in [-0.3, -0.25) is 0 Å². The molecule has 2 atom stereocenters. The molecule has 2 aliphatic heterocycles. The predicted octanol–water partition coefficient (Wildman–Crippen LogP) is 2.82. The quantitative estimate of drug-likeness (QED) is 0.887. The number of rotatable bonds is 4. The summed E-state index contributed by atoms with van der Waals surface area (Å²) in [6.45, 7) is 0.327. The number of fused-ring (bicyclic) bond motifs is 2. The number of hydrogen-bond acceptors (Lipinski definition) is 2. The largest absolute Gasteiger partial charge is 0.338 e. The van der Waals surface area contributed by atoms with Crippen LogP contribution in [0, 0.1) is 11.6 Å². The molecule has 1 aromatic carbocycles. The third kappa shape index (κ3) is 4.04. The first-order valence-corrected chi connectivity index (χ1v) is 8.73. The molecule has 2 N–H and O–H groups in total. The summed E-state index contributed by atoms with van der Waals surface area (Å²) in [5.41, 5.74) is 0.408. The maximum atomic E-state index is 13.5. The second kappa shape index (κ2) is 7.47. The molecule has 2 heterocycles. The molecule has 24 heavy (non-hydrogen) atoms. The molecule has 2 saturated heterocycles. The minimum Gasteiger partial charge on any atom is -0.338 e. The van der Waals surface area contributed by atoms with Crippen molar-refractivity contribution in [1.29, 1.82) is 0 Å². The highest BCUT2D eigenvalue weighted by atomic mass is 19.1. The fourth-order valence-corrected chi connectivity index (χ4v) is 4.01. The maximum absolute atomic E-state index is 13.5. The minimum atomic E-state index is -0.588. The van der Waals surface area contributed by atoms with Crippen molar-refractivity contribution in [3.63, 3.8) is 0 Å². The monoisotopic (exact) mass is 337 g/mol. The number of halogens is 2. The molecule has 2 unspecified atom stereocenters. The van der Waals surface area contributed by atoms with E-state index in [4.69, 9.17) is 0 Å². The molecule has 4 nitrogen and oxygen atoms in total. The Hall–Kier alpha value is -1.69. The lowest BCUT2D eigenvalue weighted by Crippen LogP contribution is -2.56. The van der Waals surface area contributed by atoms with Gasteiger partial charge in [-0.1, -0.05) is 12.5 Å². The first kappa shape index (κ1) is 17.1. The third-order valence-electron chi connectivity index (χ3n) is 5.37. The summed E-state index contributed by atoms with van der Waals surface area (Å²) in [7, 11) is 2.18. The van der Waals surface area contributed by atoms with Gasteiger partial charge in [-0.05, 0) is 50.8 Å². The molecule has 0 spiro atoms. The third-order valence-corrected chi connectivity index (χ3v) is 5.37. The van der Waals surface area contributed by atoms with Crippen LogP contribution in [0.2, 0.25) is 0 Å². The van der Waals surface area contributed by atoms with Gasteiger partial charge in [0.2, 0.25) is 0 Å². The SMILES string of the molecule is CN1C2CCCC1CC(NC(=O)NCCc1ccc(F)cc1F)C2. The lowest BCUT2D eigenvalue weighted by atomic mass is 9.82. The molecule has 0 radical (unpaired) electrons. The number of hydrogen-bond donors (Lipinski definition) is 2. The number of carbonyl (C=O) groups excluding carboxylic acids is 1. The van der Waals surface area contributed by atoms with E-state index >= 15 is 0 Å². The highest BCUT2D eigenvalue weighted by Gasteiger charge is 2.36. The van der Waals surface area contributed by atoms with Gasteiger partial charge in [0.05, 0.1) is 0 Å². The van der Waals surface area contributed by atoms with Crippen molar-refractivity contribution in [1.82, 2.24) is 15.5 Å². The van der Waals surface area contributed by atoms with Gasteiger partial charge in [-0.15, -0.1) is 0 Å². The van der Waals surface area contributed by atoms with Crippen LogP contribution in [0.4, 0.5) is 13.6 Å². The number of carbonyl (C=O) groups is 1. The number of benzene rings is 1. The molecule has 0 saturated carbocycles. The second-order valence-electron chi connectivity index (χ2n) is 6.96. The molecule has 0 aromatic heterocycles.